The lowest BCUT2D eigenvalue weighted by atomic mass is 9.86. The highest BCUT2D eigenvalue weighted by molar-refractivity contribution is 5.39. The van der Waals surface area contributed by atoms with Crippen molar-refractivity contribution in [2.75, 3.05) is 26.2 Å². The van der Waals surface area contributed by atoms with Crippen molar-refractivity contribution in [2.45, 2.75) is 38.1 Å². The molecule has 0 aliphatic carbocycles. The first kappa shape index (κ1) is 13.9. The molecule has 110 valence electrons. The summed E-state index contributed by atoms with van der Waals surface area (Å²) in [6, 6.07) is 9.03. The summed E-state index contributed by atoms with van der Waals surface area (Å²) in [5.41, 5.74) is 7.43. The summed E-state index contributed by atoms with van der Waals surface area (Å²) in [7, 11) is 0. The van der Waals surface area contributed by atoms with Crippen LogP contribution >= 0.6 is 0 Å². The van der Waals surface area contributed by atoms with Gasteiger partial charge in [0.25, 0.3) is 0 Å². The van der Waals surface area contributed by atoms with Gasteiger partial charge in [0.1, 0.15) is 5.75 Å². The minimum atomic E-state index is 0.510. The Labute approximate surface area is 122 Å². The van der Waals surface area contributed by atoms with Crippen molar-refractivity contribution < 1.29 is 4.74 Å². The van der Waals surface area contributed by atoms with E-state index in [1.807, 2.05) is 0 Å². The Balaban J connectivity index is 1.71. The van der Waals surface area contributed by atoms with Gasteiger partial charge in [-0.15, -0.1) is 0 Å². The van der Waals surface area contributed by atoms with E-state index >= 15 is 0 Å². The smallest absolute Gasteiger partial charge is 0.122 e. The van der Waals surface area contributed by atoms with E-state index in [9.17, 15) is 0 Å². The fourth-order valence-electron chi connectivity index (χ4n) is 3.92. The monoisotopic (exact) mass is 274 g/mol. The van der Waals surface area contributed by atoms with Crippen molar-refractivity contribution in [3.63, 3.8) is 0 Å². The molecule has 3 heteroatoms. The lowest BCUT2D eigenvalue weighted by Crippen LogP contribution is -2.50. The zero-order valence-electron chi connectivity index (χ0n) is 12.4. The normalized spacial score (nSPS) is 30.0. The van der Waals surface area contributed by atoms with Gasteiger partial charge < -0.3 is 10.5 Å². The predicted molar refractivity (Wildman–Crippen MR) is 82.1 cm³/mol. The predicted octanol–water partition coefficient (Wildman–Crippen LogP) is 2.61. The number of rotatable bonds is 4. The number of benzene rings is 1. The van der Waals surface area contributed by atoms with Crippen molar-refractivity contribution >= 4 is 0 Å². The fourth-order valence-corrected chi connectivity index (χ4v) is 3.92. The minimum Gasteiger partial charge on any atom is -0.493 e. The Hall–Kier alpha value is -1.06. The molecule has 0 bridgehead atoms. The third-order valence-electron chi connectivity index (χ3n) is 5.05. The van der Waals surface area contributed by atoms with Crippen LogP contribution in [0.2, 0.25) is 0 Å². The molecule has 2 heterocycles. The van der Waals surface area contributed by atoms with Crippen LogP contribution < -0.4 is 10.5 Å². The van der Waals surface area contributed by atoms with Crippen LogP contribution in [0.1, 0.15) is 37.7 Å². The molecule has 0 saturated carbocycles. The maximum atomic E-state index is 6.06. The Bertz CT molecular complexity index is 448. The molecule has 1 saturated heterocycles. The van der Waals surface area contributed by atoms with Gasteiger partial charge in [-0.3, -0.25) is 4.90 Å². The van der Waals surface area contributed by atoms with E-state index in [-0.39, 0.29) is 0 Å². The van der Waals surface area contributed by atoms with Crippen LogP contribution in [0.3, 0.4) is 0 Å². The SMILES string of the molecule is CCC1CCCN(CC2COc3ccccc32)C1CN. The molecule has 0 amide bonds. The molecule has 3 unspecified atom stereocenters. The molecule has 0 aromatic heterocycles. The molecule has 2 N–H and O–H groups in total. The van der Waals surface area contributed by atoms with Gasteiger partial charge in [-0.1, -0.05) is 31.5 Å². The van der Waals surface area contributed by atoms with E-state index in [1.54, 1.807) is 0 Å². The van der Waals surface area contributed by atoms with Gasteiger partial charge in [-0.25, -0.2) is 0 Å². The van der Waals surface area contributed by atoms with Crippen LogP contribution in [0.25, 0.3) is 0 Å². The van der Waals surface area contributed by atoms with Crippen LogP contribution in [0.5, 0.6) is 5.75 Å². The molecule has 20 heavy (non-hydrogen) atoms. The van der Waals surface area contributed by atoms with E-state index in [2.05, 4.69) is 36.1 Å². The molecule has 1 aromatic carbocycles. The summed E-state index contributed by atoms with van der Waals surface area (Å²) < 4.78 is 5.82. The van der Waals surface area contributed by atoms with Gasteiger partial charge in [0, 0.05) is 30.6 Å². The molecule has 2 aliphatic heterocycles. The first-order chi connectivity index (χ1) is 9.83. The van der Waals surface area contributed by atoms with Crippen molar-refractivity contribution in [3.8, 4) is 5.75 Å². The Morgan fingerprint density at radius 1 is 1.35 bits per heavy atom. The van der Waals surface area contributed by atoms with Crippen LogP contribution in [0.4, 0.5) is 0 Å². The molecule has 0 radical (unpaired) electrons. The second-order valence-corrected chi connectivity index (χ2v) is 6.15. The number of piperidine rings is 1. The average molecular weight is 274 g/mol. The van der Waals surface area contributed by atoms with Crippen molar-refractivity contribution in [1.82, 2.24) is 4.90 Å². The molecule has 1 fully saturated rings. The number of likely N-dealkylation sites (tertiary alicyclic amines) is 1. The Kier molecular flexibility index (Phi) is 4.27. The molecular formula is C17H26N2O. The number of nitrogens with zero attached hydrogens (tertiary/aromatic N) is 1. The highest BCUT2D eigenvalue weighted by Crippen LogP contribution is 2.35. The van der Waals surface area contributed by atoms with E-state index < -0.39 is 0 Å². The molecule has 0 spiro atoms. The Morgan fingerprint density at radius 3 is 3.00 bits per heavy atom. The van der Waals surface area contributed by atoms with Gasteiger partial charge >= 0.3 is 0 Å². The fraction of sp³-hybridized carbons (Fsp3) is 0.647. The number of para-hydroxylation sites is 1. The van der Waals surface area contributed by atoms with E-state index in [0.717, 1.165) is 31.4 Å². The molecule has 1 aromatic rings. The van der Waals surface area contributed by atoms with Crippen LogP contribution in [-0.4, -0.2) is 37.2 Å². The maximum absolute atomic E-state index is 6.06. The van der Waals surface area contributed by atoms with Crippen LogP contribution in [0, 0.1) is 5.92 Å². The minimum absolute atomic E-state index is 0.510. The lowest BCUT2D eigenvalue weighted by molar-refractivity contribution is 0.0858. The van der Waals surface area contributed by atoms with Crippen LogP contribution in [-0.2, 0) is 0 Å². The number of hydrogen-bond donors (Lipinski definition) is 1. The zero-order chi connectivity index (χ0) is 13.9. The van der Waals surface area contributed by atoms with Crippen molar-refractivity contribution in [3.05, 3.63) is 29.8 Å². The third-order valence-corrected chi connectivity index (χ3v) is 5.05. The van der Waals surface area contributed by atoms with Gasteiger partial charge in [0.2, 0.25) is 0 Å². The largest absolute Gasteiger partial charge is 0.493 e. The molecular weight excluding hydrogens is 248 g/mol. The Morgan fingerprint density at radius 2 is 2.20 bits per heavy atom. The van der Waals surface area contributed by atoms with Gasteiger partial charge in [-0.05, 0) is 31.4 Å². The quantitative estimate of drug-likeness (QED) is 0.917. The number of fused-ring (bicyclic) bond motifs is 1. The van der Waals surface area contributed by atoms with E-state index in [1.165, 1.54) is 31.4 Å². The third kappa shape index (κ3) is 2.57. The lowest BCUT2D eigenvalue weighted by Gasteiger charge is -2.41. The van der Waals surface area contributed by atoms with Gasteiger partial charge in [0.05, 0.1) is 6.61 Å². The molecule has 3 nitrogen and oxygen atoms in total. The standard InChI is InChI=1S/C17H26N2O/c1-2-13-6-5-9-19(16(13)10-18)11-14-12-20-17-8-4-3-7-15(14)17/h3-4,7-8,13-14,16H,2,5-6,9-12,18H2,1H3. The van der Waals surface area contributed by atoms with Crippen molar-refractivity contribution in [1.29, 1.82) is 0 Å². The van der Waals surface area contributed by atoms with E-state index in [0.29, 0.717) is 12.0 Å². The molecule has 3 atom stereocenters. The van der Waals surface area contributed by atoms with Crippen molar-refractivity contribution in [2.24, 2.45) is 11.7 Å². The topological polar surface area (TPSA) is 38.5 Å². The molecule has 3 rings (SSSR count). The summed E-state index contributed by atoms with van der Waals surface area (Å²) in [4.78, 5) is 2.62. The van der Waals surface area contributed by atoms with Crippen LogP contribution in [0.15, 0.2) is 24.3 Å². The maximum Gasteiger partial charge on any atom is 0.122 e. The summed E-state index contributed by atoms with van der Waals surface area (Å²) in [5.74, 6) is 2.35. The number of nitrogens with two attached hydrogens (primary N) is 1. The molecule has 2 aliphatic rings. The first-order valence-corrected chi connectivity index (χ1v) is 7.99. The summed E-state index contributed by atoms with van der Waals surface area (Å²) in [6.07, 6.45) is 3.90. The zero-order valence-corrected chi connectivity index (χ0v) is 12.4. The first-order valence-electron chi connectivity index (χ1n) is 7.99. The highest BCUT2D eigenvalue weighted by atomic mass is 16.5. The second-order valence-electron chi connectivity index (χ2n) is 6.15. The number of hydrogen-bond acceptors (Lipinski definition) is 3. The summed E-state index contributed by atoms with van der Waals surface area (Å²) in [6.45, 7) is 6.19. The summed E-state index contributed by atoms with van der Waals surface area (Å²) in [5, 5.41) is 0. The highest BCUT2D eigenvalue weighted by Gasteiger charge is 2.33. The van der Waals surface area contributed by atoms with E-state index in [4.69, 9.17) is 10.5 Å². The average Bonchev–Trinajstić information content (AvgIpc) is 2.90. The summed E-state index contributed by atoms with van der Waals surface area (Å²) >= 11 is 0. The van der Waals surface area contributed by atoms with Gasteiger partial charge in [0.15, 0.2) is 0 Å². The number of ether oxygens (including phenoxy) is 1. The van der Waals surface area contributed by atoms with Gasteiger partial charge in [-0.2, -0.15) is 0 Å². The second kappa shape index (κ2) is 6.15.